The largest absolute Gasteiger partial charge is 0.343 e. The van der Waals surface area contributed by atoms with E-state index >= 15 is 0 Å². The molecule has 1 heterocycles. The molecule has 0 saturated carbocycles. The van der Waals surface area contributed by atoms with Crippen LogP contribution in [0.2, 0.25) is 0 Å². The van der Waals surface area contributed by atoms with E-state index in [1.54, 1.807) is 0 Å². The quantitative estimate of drug-likeness (QED) is 0.768. The number of carbonyl (C=O) groups is 1. The first-order valence-electron chi connectivity index (χ1n) is 6.22. The van der Waals surface area contributed by atoms with Crippen molar-refractivity contribution in [3.05, 3.63) is 0 Å². The zero-order chi connectivity index (χ0) is 12.1. The van der Waals surface area contributed by atoms with Crippen LogP contribution in [-0.4, -0.2) is 55.0 Å². The number of amides is 1. The average Bonchev–Trinajstić information content (AvgIpc) is 2.28. The molecule has 0 spiro atoms. The van der Waals surface area contributed by atoms with Crippen molar-refractivity contribution >= 4 is 5.91 Å². The molecule has 1 aliphatic rings. The van der Waals surface area contributed by atoms with Crippen LogP contribution in [0, 0.1) is 0 Å². The van der Waals surface area contributed by atoms with Crippen molar-refractivity contribution in [2.75, 3.05) is 27.2 Å². The Morgan fingerprint density at radius 2 is 2.25 bits per heavy atom. The van der Waals surface area contributed by atoms with Crippen molar-refractivity contribution in [2.24, 2.45) is 5.73 Å². The summed E-state index contributed by atoms with van der Waals surface area (Å²) in [4.78, 5) is 16.1. The normalized spacial score (nSPS) is 26.8. The molecule has 1 amide bonds. The molecular weight excluding hydrogens is 202 g/mol. The van der Waals surface area contributed by atoms with E-state index in [4.69, 9.17) is 5.73 Å². The number of rotatable bonds is 4. The maximum absolute atomic E-state index is 11.8. The van der Waals surface area contributed by atoms with Gasteiger partial charge in [-0.2, -0.15) is 0 Å². The first-order valence-corrected chi connectivity index (χ1v) is 6.22. The molecule has 2 atom stereocenters. The summed E-state index contributed by atoms with van der Waals surface area (Å²) in [7, 11) is 4.08. The van der Waals surface area contributed by atoms with Crippen molar-refractivity contribution < 1.29 is 4.79 Å². The molecule has 0 aromatic carbocycles. The molecule has 2 unspecified atom stereocenters. The topological polar surface area (TPSA) is 49.6 Å². The number of nitrogens with two attached hydrogens (primary N) is 1. The van der Waals surface area contributed by atoms with Gasteiger partial charge in [0.25, 0.3) is 0 Å². The molecular formula is C12H25N3O. The molecule has 0 bridgehead atoms. The lowest BCUT2D eigenvalue weighted by Crippen LogP contribution is -2.48. The minimum atomic E-state index is 0.243. The molecule has 1 fully saturated rings. The van der Waals surface area contributed by atoms with Crippen LogP contribution in [-0.2, 0) is 4.79 Å². The zero-order valence-electron chi connectivity index (χ0n) is 10.8. The number of carbonyl (C=O) groups excluding carboxylic acids is 1. The lowest BCUT2D eigenvalue weighted by molar-refractivity contribution is -0.133. The van der Waals surface area contributed by atoms with E-state index in [-0.39, 0.29) is 5.91 Å². The second-order valence-electron chi connectivity index (χ2n) is 4.90. The molecule has 1 saturated heterocycles. The number of hydrogen-bond acceptors (Lipinski definition) is 3. The summed E-state index contributed by atoms with van der Waals surface area (Å²) in [5.74, 6) is 0.243. The second-order valence-corrected chi connectivity index (χ2v) is 4.90. The van der Waals surface area contributed by atoms with E-state index in [2.05, 4.69) is 18.9 Å². The van der Waals surface area contributed by atoms with Gasteiger partial charge in [0.1, 0.15) is 0 Å². The third-order valence-electron chi connectivity index (χ3n) is 3.72. The highest BCUT2D eigenvalue weighted by Crippen LogP contribution is 2.20. The highest BCUT2D eigenvalue weighted by Gasteiger charge is 2.27. The van der Waals surface area contributed by atoms with Gasteiger partial charge in [-0.15, -0.1) is 0 Å². The van der Waals surface area contributed by atoms with E-state index in [1.807, 2.05) is 11.9 Å². The summed E-state index contributed by atoms with van der Waals surface area (Å²) >= 11 is 0. The van der Waals surface area contributed by atoms with Gasteiger partial charge in [-0.1, -0.05) is 0 Å². The Morgan fingerprint density at radius 1 is 1.56 bits per heavy atom. The molecule has 1 aliphatic heterocycles. The van der Waals surface area contributed by atoms with Crippen molar-refractivity contribution in [3.8, 4) is 0 Å². The molecule has 0 aliphatic carbocycles. The molecule has 4 nitrogen and oxygen atoms in total. The summed E-state index contributed by atoms with van der Waals surface area (Å²) in [6, 6.07) is 0.986. The fourth-order valence-corrected chi connectivity index (χ4v) is 2.25. The molecule has 4 heteroatoms. The molecule has 1 rings (SSSR count). The summed E-state index contributed by atoms with van der Waals surface area (Å²) in [6.45, 7) is 3.91. The van der Waals surface area contributed by atoms with Crippen LogP contribution in [0.5, 0.6) is 0 Å². The van der Waals surface area contributed by atoms with Gasteiger partial charge in [0.15, 0.2) is 0 Å². The minimum absolute atomic E-state index is 0.243. The van der Waals surface area contributed by atoms with E-state index in [0.717, 1.165) is 25.8 Å². The Bertz CT molecular complexity index is 232. The standard InChI is InChI=1S/C12H25N3O/c1-10-9-11(6-8-14(10)2)15(3)12(16)5-4-7-13/h10-11H,4-9,13H2,1-3H3. The Hall–Kier alpha value is -0.610. The van der Waals surface area contributed by atoms with Crippen LogP contribution >= 0.6 is 0 Å². The zero-order valence-corrected chi connectivity index (χ0v) is 10.8. The van der Waals surface area contributed by atoms with Crippen LogP contribution in [0.4, 0.5) is 0 Å². The number of nitrogens with zero attached hydrogens (tertiary/aromatic N) is 2. The second kappa shape index (κ2) is 6.21. The van der Waals surface area contributed by atoms with Gasteiger partial charge in [-0.05, 0) is 39.8 Å². The maximum atomic E-state index is 11.8. The first-order chi connectivity index (χ1) is 7.56. The van der Waals surface area contributed by atoms with E-state index < -0.39 is 0 Å². The minimum Gasteiger partial charge on any atom is -0.343 e. The van der Waals surface area contributed by atoms with Crippen LogP contribution in [0.15, 0.2) is 0 Å². The average molecular weight is 227 g/mol. The van der Waals surface area contributed by atoms with Crippen molar-refractivity contribution in [1.82, 2.24) is 9.80 Å². The van der Waals surface area contributed by atoms with Gasteiger partial charge in [0.2, 0.25) is 5.91 Å². The highest BCUT2D eigenvalue weighted by atomic mass is 16.2. The molecule has 94 valence electrons. The lowest BCUT2D eigenvalue weighted by Gasteiger charge is -2.39. The van der Waals surface area contributed by atoms with Gasteiger partial charge in [-0.3, -0.25) is 4.79 Å². The summed E-state index contributed by atoms with van der Waals surface area (Å²) in [5, 5.41) is 0. The lowest BCUT2D eigenvalue weighted by atomic mass is 9.97. The maximum Gasteiger partial charge on any atom is 0.222 e. The fraction of sp³-hybridized carbons (Fsp3) is 0.917. The third-order valence-corrected chi connectivity index (χ3v) is 3.72. The smallest absolute Gasteiger partial charge is 0.222 e. The monoisotopic (exact) mass is 227 g/mol. The van der Waals surface area contributed by atoms with Crippen molar-refractivity contribution in [1.29, 1.82) is 0 Å². The number of likely N-dealkylation sites (tertiary alicyclic amines) is 1. The SMILES string of the molecule is CC1CC(N(C)C(=O)CCCN)CCN1C. The highest BCUT2D eigenvalue weighted by molar-refractivity contribution is 5.76. The van der Waals surface area contributed by atoms with Crippen molar-refractivity contribution in [3.63, 3.8) is 0 Å². The first kappa shape index (κ1) is 13.5. The van der Waals surface area contributed by atoms with Gasteiger partial charge in [-0.25, -0.2) is 0 Å². The van der Waals surface area contributed by atoms with Crippen molar-refractivity contribution in [2.45, 2.75) is 44.7 Å². The van der Waals surface area contributed by atoms with Gasteiger partial charge >= 0.3 is 0 Å². The van der Waals surface area contributed by atoms with Crippen LogP contribution in [0.3, 0.4) is 0 Å². The van der Waals surface area contributed by atoms with E-state index in [1.165, 1.54) is 0 Å². The molecule has 0 radical (unpaired) electrons. The molecule has 16 heavy (non-hydrogen) atoms. The van der Waals surface area contributed by atoms with Gasteiger partial charge in [0, 0.05) is 32.1 Å². The predicted molar refractivity (Wildman–Crippen MR) is 66.2 cm³/mol. The van der Waals surface area contributed by atoms with Gasteiger partial charge in [0.05, 0.1) is 0 Å². The third kappa shape index (κ3) is 3.46. The summed E-state index contributed by atoms with van der Waals surface area (Å²) < 4.78 is 0. The number of hydrogen-bond donors (Lipinski definition) is 1. The van der Waals surface area contributed by atoms with E-state index in [9.17, 15) is 4.79 Å². The summed E-state index contributed by atoms with van der Waals surface area (Å²) in [6.07, 6.45) is 3.56. The van der Waals surface area contributed by atoms with E-state index in [0.29, 0.717) is 25.0 Å². The van der Waals surface area contributed by atoms with Gasteiger partial charge < -0.3 is 15.5 Å². The Kier molecular flexibility index (Phi) is 5.22. The van der Waals surface area contributed by atoms with Crippen LogP contribution in [0.25, 0.3) is 0 Å². The fourth-order valence-electron chi connectivity index (χ4n) is 2.25. The summed E-state index contributed by atoms with van der Waals surface area (Å²) in [5.41, 5.74) is 5.42. The predicted octanol–water partition coefficient (Wildman–Crippen LogP) is 0.666. The van der Waals surface area contributed by atoms with Crippen LogP contribution in [0.1, 0.15) is 32.6 Å². The van der Waals surface area contributed by atoms with Crippen LogP contribution < -0.4 is 5.73 Å². The number of piperidine rings is 1. The Balaban J connectivity index is 2.41. The Labute approximate surface area is 98.8 Å². The molecule has 0 aromatic heterocycles. The molecule has 2 N–H and O–H groups in total. The Morgan fingerprint density at radius 3 is 2.81 bits per heavy atom. The molecule has 0 aromatic rings.